The summed E-state index contributed by atoms with van der Waals surface area (Å²) in [6, 6.07) is 76.1. The topological polar surface area (TPSA) is 27.2 Å². The fraction of sp³-hybridized carbons (Fsp3) is 0. The minimum atomic E-state index is 0.897. The molecule has 3 aromatic heterocycles. The summed E-state index contributed by atoms with van der Waals surface area (Å²) >= 11 is 5.08. The number of nitrogens with zero attached hydrogens (tertiary/aromatic N) is 4. The SMILES string of the molecule is Sc1ccc(-n2c3ccccc3c3c(-n4c5ccccc5n5c6ccccc6nc45)cccc32)cc1-c1cccc(-c2cc(-c3ccccc3)cc(-c3ccccc3)c2)c1. The summed E-state index contributed by atoms with van der Waals surface area (Å²) in [6.07, 6.45) is 0. The Balaban J connectivity index is 1.03. The molecule has 60 heavy (non-hydrogen) atoms. The lowest BCUT2D eigenvalue weighted by atomic mass is 9.92. The van der Waals surface area contributed by atoms with Gasteiger partial charge in [-0.25, -0.2) is 4.98 Å². The van der Waals surface area contributed by atoms with Crippen LogP contribution in [0.2, 0.25) is 0 Å². The molecule has 0 atom stereocenters. The summed E-state index contributed by atoms with van der Waals surface area (Å²) in [7, 11) is 0. The first-order valence-electron chi connectivity index (χ1n) is 20.3. The van der Waals surface area contributed by atoms with Gasteiger partial charge in [-0.3, -0.25) is 8.97 Å². The first-order chi connectivity index (χ1) is 29.7. The van der Waals surface area contributed by atoms with Gasteiger partial charge in [-0.15, -0.1) is 12.6 Å². The zero-order chi connectivity index (χ0) is 39.7. The molecule has 0 aliphatic carbocycles. The van der Waals surface area contributed by atoms with Crippen LogP contribution < -0.4 is 0 Å². The molecule has 0 fully saturated rings. The number of para-hydroxylation sites is 5. The maximum Gasteiger partial charge on any atom is 0.220 e. The van der Waals surface area contributed by atoms with E-state index in [1.54, 1.807) is 0 Å². The van der Waals surface area contributed by atoms with E-state index >= 15 is 0 Å². The summed E-state index contributed by atoms with van der Waals surface area (Å²) < 4.78 is 7.02. The fourth-order valence-electron chi connectivity index (χ4n) is 9.20. The van der Waals surface area contributed by atoms with Gasteiger partial charge in [0.1, 0.15) is 0 Å². The second kappa shape index (κ2) is 13.8. The Hall–Kier alpha value is -7.60. The molecular weight excluding hydrogens is 749 g/mol. The number of hydrogen-bond acceptors (Lipinski definition) is 2. The van der Waals surface area contributed by atoms with Crippen molar-refractivity contribution in [3.8, 4) is 55.9 Å². The normalized spacial score (nSPS) is 11.8. The minimum Gasteiger partial charge on any atom is -0.309 e. The van der Waals surface area contributed by atoms with Crippen LogP contribution in [0.25, 0.3) is 106 Å². The molecule has 0 aliphatic heterocycles. The maximum atomic E-state index is 5.22. The third kappa shape index (κ3) is 5.44. The van der Waals surface area contributed by atoms with Crippen LogP contribution in [0.3, 0.4) is 0 Å². The molecule has 4 nitrogen and oxygen atoms in total. The molecule has 3 heterocycles. The lowest BCUT2D eigenvalue weighted by molar-refractivity contribution is 1.12. The summed E-state index contributed by atoms with van der Waals surface area (Å²) in [6.45, 7) is 0. The Morgan fingerprint density at radius 1 is 0.367 bits per heavy atom. The second-order valence-corrected chi connectivity index (χ2v) is 15.9. The van der Waals surface area contributed by atoms with Crippen LogP contribution in [0.4, 0.5) is 0 Å². The molecule has 12 rings (SSSR count). The summed E-state index contributed by atoms with van der Waals surface area (Å²) in [5.74, 6) is 0.897. The molecule has 9 aromatic carbocycles. The molecule has 0 saturated carbocycles. The Morgan fingerprint density at radius 2 is 0.917 bits per heavy atom. The van der Waals surface area contributed by atoms with Crippen molar-refractivity contribution >= 4 is 62.3 Å². The van der Waals surface area contributed by atoms with Gasteiger partial charge in [0.15, 0.2) is 0 Å². The van der Waals surface area contributed by atoms with Gasteiger partial charge >= 0.3 is 0 Å². The number of imidazole rings is 2. The molecule has 0 saturated heterocycles. The lowest BCUT2D eigenvalue weighted by Gasteiger charge is -2.15. The van der Waals surface area contributed by atoms with Gasteiger partial charge < -0.3 is 4.57 Å². The molecule has 282 valence electrons. The molecule has 0 bridgehead atoms. The van der Waals surface area contributed by atoms with Crippen LogP contribution in [0.5, 0.6) is 0 Å². The van der Waals surface area contributed by atoms with E-state index in [1.807, 2.05) is 0 Å². The Kier molecular flexibility index (Phi) is 7.90. The molecule has 0 N–H and O–H groups in total. The molecule has 0 spiro atoms. The standard InChI is InChI=1S/C55H36N4S/c60-53-30-29-43(35-45(53)39-20-13-19-38(31-39)42-33-40(36-15-3-1-4-16-36)32-41(34-42)37-17-5-2-6-18-37)57-47-23-9-7-21-44(47)54-51(57)27-14-28-52(54)59-50-26-12-11-25-49(50)58-48-24-10-8-22-46(48)56-55(58)59/h1-35,60H. The van der Waals surface area contributed by atoms with Crippen molar-refractivity contribution in [2.24, 2.45) is 0 Å². The van der Waals surface area contributed by atoms with E-state index in [0.717, 1.165) is 71.8 Å². The zero-order valence-corrected chi connectivity index (χ0v) is 33.3. The molecule has 5 heteroatoms. The van der Waals surface area contributed by atoms with E-state index in [4.69, 9.17) is 17.6 Å². The largest absolute Gasteiger partial charge is 0.309 e. The summed E-state index contributed by atoms with van der Waals surface area (Å²) in [4.78, 5) is 6.14. The van der Waals surface area contributed by atoms with Gasteiger partial charge in [0.2, 0.25) is 5.78 Å². The van der Waals surface area contributed by atoms with E-state index in [1.165, 1.54) is 38.6 Å². The average Bonchev–Trinajstić information content (AvgIpc) is 3.97. The summed E-state index contributed by atoms with van der Waals surface area (Å²) in [5, 5.41) is 2.36. The van der Waals surface area contributed by atoms with E-state index in [-0.39, 0.29) is 0 Å². The van der Waals surface area contributed by atoms with Crippen LogP contribution in [0, 0.1) is 0 Å². The maximum absolute atomic E-state index is 5.22. The van der Waals surface area contributed by atoms with Crippen LogP contribution >= 0.6 is 12.6 Å². The Bertz CT molecular complexity index is 3550. The van der Waals surface area contributed by atoms with Crippen LogP contribution in [-0.2, 0) is 0 Å². The predicted molar refractivity (Wildman–Crippen MR) is 253 cm³/mol. The van der Waals surface area contributed by atoms with E-state index in [0.29, 0.717) is 0 Å². The van der Waals surface area contributed by atoms with E-state index in [9.17, 15) is 0 Å². The highest BCUT2D eigenvalue weighted by Gasteiger charge is 2.22. The highest BCUT2D eigenvalue weighted by atomic mass is 32.1. The van der Waals surface area contributed by atoms with E-state index < -0.39 is 0 Å². The molecule has 12 aromatic rings. The second-order valence-electron chi connectivity index (χ2n) is 15.4. The highest BCUT2D eigenvalue weighted by molar-refractivity contribution is 7.80. The third-order valence-corrected chi connectivity index (χ3v) is 12.3. The molecule has 0 aliphatic rings. The number of thiol groups is 1. The van der Waals surface area contributed by atoms with Crippen LogP contribution in [0.1, 0.15) is 0 Å². The Morgan fingerprint density at radius 3 is 1.67 bits per heavy atom. The third-order valence-electron chi connectivity index (χ3n) is 11.9. The molecule has 0 amide bonds. The number of benzene rings is 9. The number of rotatable bonds is 6. The Labute approximate surface area is 352 Å². The van der Waals surface area contributed by atoms with Gasteiger partial charge in [-0.05, 0) is 129 Å². The predicted octanol–water partition coefficient (Wildman–Crippen LogP) is 14.5. The summed E-state index contributed by atoms with van der Waals surface area (Å²) in [5.41, 5.74) is 18.0. The first-order valence-corrected chi connectivity index (χ1v) is 20.7. The minimum absolute atomic E-state index is 0.897. The number of hydrogen-bond donors (Lipinski definition) is 1. The molecule has 0 unspecified atom stereocenters. The highest BCUT2D eigenvalue weighted by Crippen LogP contribution is 2.41. The van der Waals surface area contributed by atoms with Crippen molar-refractivity contribution in [2.75, 3.05) is 0 Å². The fourth-order valence-corrected chi connectivity index (χ4v) is 9.47. The van der Waals surface area contributed by atoms with Gasteiger partial charge in [-0.2, -0.15) is 0 Å². The smallest absolute Gasteiger partial charge is 0.220 e. The molecular formula is C55H36N4S. The van der Waals surface area contributed by atoms with Crippen LogP contribution in [0.15, 0.2) is 217 Å². The average molecular weight is 785 g/mol. The monoisotopic (exact) mass is 784 g/mol. The van der Waals surface area contributed by atoms with Crippen LogP contribution in [-0.4, -0.2) is 18.5 Å². The van der Waals surface area contributed by atoms with Gasteiger partial charge in [-0.1, -0.05) is 127 Å². The van der Waals surface area contributed by atoms with Gasteiger partial charge in [0, 0.05) is 21.4 Å². The van der Waals surface area contributed by atoms with Crippen molar-refractivity contribution < 1.29 is 0 Å². The van der Waals surface area contributed by atoms with Crippen molar-refractivity contribution in [3.05, 3.63) is 212 Å². The molecule has 0 radical (unpaired) electrons. The van der Waals surface area contributed by atoms with Crippen molar-refractivity contribution in [2.45, 2.75) is 4.90 Å². The van der Waals surface area contributed by atoms with Gasteiger partial charge in [0.25, 0.3) is 0 Å². The lowest BCUT2D eigenvalue weighted by Crippen LogP contribution is -1.98. The quantitative estimate of drug-likeness (QED) is 0.167. The van der Waals surface area contributed by atoms with Gasteiger partial charge in [0.05, 0.1) is 38.8 Å². The number of aromatic nitrogens is 4. The van der Waals surface area contributed by atoms with Crippen molar-refractivity contribution in [1.82, 2.24) is 18.5 Å². The van der Waals surface area contributed by atoms with E-state index in [2.05, 4.69) is 226 Å². The van der Waals surface area contributed by atoms with Crippen molar-refractivity contribution in [3.63, 3.8) is 0 Å². The zero-order valence-electron chi connectivity index (χ0n) is 32.4. The van der Waals surface area contributed by atoms with Crippen molar-refractivity contribution in [1.29, 1.82) is 0 Å². The number of fused-ring (bicyclic) bond motifs is 8. The first kappa shape index (κ1) is 34.4.